The zero-order chi connectivity index (χ0) is 14.7. The van der Waals surface area contributed by atoms with Crippen LogP contribution < -0.4 is 4.90 Å². The second-order valence-electron chi connectivity index (χ2n) is 5.53. The van der Waals surface area contributed by atoms with Crippen LogP contribution in [0.25, 0.3) is 0 Å². The van der Waals surface area contributed by atoms with Crippen molar-refractivity contribution in [2.75, 3.05) is 24.5 Å². The zero-order valence-electron chi connectivity index (χ0n) is 12.2. The fourth-order valence-corrected chi connectivity index (χ4v) is 4.05. The minimum Gasteiger partial charge on any atom is -0.347 e. The van der Waals surface area contributed by atoms with Crippen LogP contribution in [0.5, 0.6) is 0 Å². The summed E-state index contributed by atoms with van der Waals surface area (Å²) in [5.41, 5.74) is 1.40. The Kier molecular flexibility index (Phi) is 4.93. The van der Waals surface area contributed by atoms with Gasteiger partial charge in [0.1, 0.15) is 4.60 Å². The monoisotopic (exact) mass is 365 g/mol. The summed E-state index contributed by atoms with van der Waals surface area (Å²) in [5, 5.41) is 3.20. The molecule has 1 aliphatic heterocycles. The first-order chi connectivity index (χ1) is 10.2. The van der Waals surface area contributed by atoms with Crippen LogP contribution >= 0.6 is 27.3 Å². The Morgan fingerprint density at radius 2 is 2.05 bits per heavy atom. The molecule has 2 heterocycles. The third-order valence-corrected chi connectivity index (χ3v) is 5.67. The molecular formula is C16H20BrN3S. The molecule has 1 saturated heterocycles. The van der Waals surface area contributed by atoms with Gasteiger partial charge in [-0.2, -0.15) is 0 Å². The van der Waals surface area contributed by atoms with Crippen LogP contribution in [0.1, 0.15) is 18.9 Å². The normalized spacial score (nSPS) is 20.5. The van der Waals surface area contributed by atoms with E-state index >= 15 is 0 Å². The summed E-state index contributed by atoms with van der Waals surface area (Å²) in [6.45, 7) is 6.61. The van der Waals surface area contributed by atoms with E-state index in [0.29, 0.717) is 6.04 Å². The maximum absolute atomic E-state index is 4.55. The summed E-state index contributed by atoms with van der Waals surface area (Å²) >= 11 is 5.17. The smallest absolute Gasteiger partial charge is 0.186 e. The van der Waals surface area contributed by atoms with E-state index in [2.05, 4.69) is 73.3 Å². The van der Waals surface area contributed by atoms with E-state index in [-0.39, 0.29) is 0 Å². The number of thiazole rings is 1. The van der Waals surface area contributed by atoms with Crippen LogP contribution in [0.2, 0.25) is 0 Å². The van der Waals surface area contributed by atoms with Crippen LogP contribution in [-0.2, 0) is 6.54 Å². The number of rotatable bonds is 3. The molecule has 21 heavy (non-hydrogen) atoms. The van der Waals surface area contributed by atoms with Crippen molar-refractivity contribution >= 4 is 32.4 Å². The van der Waals surface area contributed by atoms with Crippen molar-refractivity contribution < 1.29 is 0 Å². The number of nitrogens with zero attached hydrogens (tertiary/aromatic N) is 3. The molecule has 1 atom stereocenters. The van der Waals surface area contributed by atoms with Gasteiger partial charge in [-0.05, 0) is 34.8 Å². The molecule has 0 bridgehead atoms. The van der Waals surface area contributed by atoms with Crippen LogP contribution in [0.3, 0.4) is 0 Å². The number of benzene rings is 1. The third kappa shape index (κ3) is 3.84. The van der Waals surface area contributed by atoms with Crippen LogP contribution in [0.15, 0.2) is 40.3 Å². The van der Waals surface area contributed by atoms with Gasteiger partial charge in [-0.1, -0.05) is 30.3 Å². The largest absolute Gasteiger partial charge is 0.347 e. The molecule has 5 heteroatoms. The molecule has 1 aromatic carbocycles. The Hall–Kier alpha value is -0.910. The van der Waals surface area contributed by atoms with E-state index in [1.165, 1.54) is 12.0 Å². The van der Waals surface area contributed by atoms with Gasteiger partial charge in [0.15, 0.2) is 5.13 Å². The van der Waals surface area contributed by atoms with Gasteiger partial charge in [-0.3, -0.25) is 4.90 Å². The van der Waals surface area contributed by atoms with Gasteiger partial charge in [-0.15, -0.1) is 11.3 Å². The van der Waals surface area contributed by atoms with Crippen molar-refractivity contribution in [3.05, 3.63) is 45.9 Å². The molecule has 0 radical (unpaired) electrons. The molecule has 0 N–H and O–H groups in total. The number of hydrogen-bond acceptors (Lipinski definition) is 4. The molecule has 0 saturated carbocycles. The average molecular weight is 366 g/mol. The van der Waals surface area contributed by atoms with Gasteiger partial charge in [0.25, 0.3) is 0 Å². The Balaban J connectivity index is 1.66. The fraction of sp³-hybridized carbons (Fsp3) is 0.438. The lowest BCUT2D eigenvalue weighted by atomic mass is 10.1. The highest BCUT2D eigenvalue weighted by Crippen LogP contribution is 2.25. The Labute approximate surface area is 138 Å². The van der Waals surface area contributed by atoms with E-state index < -0.39 is 0 Å². The number of halogens is 1. The zero-order valence-corrected chi connectivity index (χ0v) is 14.6. The molecular weight excluding hydrogens is 346 g/mol. The number of hydrogen-bond donors (Lipinski definition) is 0. The minimum absolute atomic E-state index is 0.610. The van der Waals surface area contributed by atoms with Crippen molar-refractivity contribution in [3.8, 4) is 0 Å². The summed E-state index contributed by atoms with van der Waals surface area (Å²) < 4.78 is 0.945. The predicted octanol–water partition coefficient (Wildman–Crippen LogP) is 4.01. The van der Waals surface area contributed by atoms with Gasteiger partial charge >= 0.3 is 0 Å². The minimum atomic E-state index is 0.610. The second-order valence-corrected chi connectivity index (χ2v) is 7.18. The van der Waals surface area contributed by atoms with Gasteiger partial charge < -0.3 is 4.90 Å². The first kappa shape index (κ1) is 15.0. The van der Waals surface area contributed by atoms with E-state index in [1.807, 2.05) is 0 Å². The highest BCUT2D eigenvalue weighted by atomic mass is 79.9. The summed E-state index contributed by atoms with van der Waals surface area (Å²) in [5.74, 6) is 0. The standard InChI is InChI=1S/C16H20BrN3S/c1-13-7-8-19(16-18-15(17)12-21-16)9-10-20(13)11-14-5-3-2-4-6-14/h2-6,12-13H,7-11H2,1H3. The fourth-order valence-electron chi connectivity index (χ4n) is 2.74. The second kappa shape index (κ2) is 6.90. The maximum atomic E-state index is 4.55. The van der Waals surface area contributed by atoms with E-state index in [0.717, 1.165) is 35.9 Å². The molecule has 0 amide bonds. The molecule has 1 aliphatic rings. The summed E-state index contributed by atoms with van der Waals surface area (Å²) in [6.07, 6.45) is 1.18. The highest BCUT2D eigenvalue weighted by molar-refractivity contribution is 9.10. The maximum Gasteiger partial charge on any atom is 0.186 e. The lowest BCUT2D eigenvalue weighted by Gasteiger charge is -2.26. The van der Waals surface area contributed by atoms with Crippen molar-refractivity contribution in [1.82, 2.24) is 9.88 Å². The molecule has 1 unspecified atom stereocenters. The van der Waals surface area contributed by atoms with E-state index in [9.17, 15) is 0 Å². The first-order valence-electron chi connectivity index (χ1n) is 7.36. The van der Waals surface area contributed by atoms with Crippen molar-refractivity contribution in [3.63, 3.8) is 0 Å². The lowest BCUT2D eigenvalue weighted by molar-refractivity contribution is 0.212. The topological polar surface area (TPSA) is 19.4 Å². The summed E-state index contributed by atoms with van der Waals surface area (Å²) in [6, 6.07) is 11.4. The highest BCUT2D eigenvalue weighted by Gasteiger charge is 2.22. The summed E-state index contributed by atoms with van der Waals surface area (Å²) in [7, 11) is 0. The Morgan fingerprint density at radius 1 is 1.24 bits per heavy atom. The molecule has 0 aliphatic carbocycles. The van der Waals surface area contributed by atoms with Crippen LogP contribution in [-0.4, -0.2) is 35.6 Å². The van der Waals surface area contributed by atoms with Gasteiger partial charge in [-0.25, -0.2) is 4.98 Å². The predicted molar refractivity (Wildman–Crippen MR) is 93.0 cm³/mol. The van der Waals surface area contributed by atoms with E-state index in [1.54, 1.807) is 11.3 Å². The molecule has 3 rings (SSSR count). The summed E-state index contributed by atoms with van der Waals surface area (Å²) in [4.78, 5) is 9.55. The quantitative estimate of drug-likeness (QED) is 0.818. The molecule has 0 spiro atoms. The van der Waals surface area contributed by atoms with Crippen LogP contribution in [0, 0.1) is 0 Å². The van der Waals surface area contributed by atoms with Crippen molar-refractivity contribution in [1.29, 1.82) is 0 Å². The Morgan fingerprint density at radius 3 is 2.76 bits per heavy atom. The van der Waals surface area contributed by atoms with Gasteiger partial charge in [0, 0.05) is 37.6 Å². The lowest BCUT2D eigenvalue weighted by Crippen LogP contribution is -2.34. The number of aromatic nitrogens is 1. The van der Waals surface area contributed by atoms with Crippen molar-refractivity contribution in [2.45, 2.75) is 25.9 Å². The first-order valence-corrected chi connectivity index (χ1v) is 9.03. The Bertz CT molecular complexity index is 572. The van der Waals surface area contributed by atoms with E-state index in [4.69, 9.17) is 0 Å². The van der Waals surface area contributed by atoms with Gasteiger partial charge in [0.05, 0.1) is 0 Å². The molecule has 2 aromatic rings. The third-order valence-electron chi connectivity index (χ3n) is 4.06. The number of anilines is 1. The molecule has 112 valence electrons. The molecule has 1 fully saturated rings. The molecule has 1 aromatic heterocycles. The molecule has 3 nitrogen and oxygen atoms in total. The van der Waals surface area contributed by atoms with Gasteiger partial charge in [0.2, 0.25) is 0 Å². The van der Waals surface area contributed by atoms with Crippen LogP contribution in [0.4, 0.5) is 5.13 Å². The average Bonchev–Trinajstić information content (AvgIpc) is 2.84. The SMILES string of the molecule is CC1CCN(c2nc(Br)cs2)CCN1Cc1ccccc1. The van der Waals surface area contributed by atoms with Crippen molar-refractivity contribution in [2.24, 2.45) is 0 Å².